The summed E-state index contributed by atoms with van der Waals surface area (Å²) in [6, 6.07) is 9.93. The number of benzene rings is 1. The molecule has 1 atom stereocenters. The largest absolute Gasteiger partial charge is 0.271 e. The molecule has 1 aromatic heterocycles. The molecule has 1 heterocycles. The first-order chi connectivity index (χ1) is 8.60. The van der Waals surface area contributed by atoms with Crippen molar-refractivity contribution < 1.29 is 0 Å². The van der Waals surface area contributed by atoms with E-state index in [9.17, 15) is 0 Å². The highest BCUT2D eigenvalue weighted by Gasteiger charge is 2.13. The van der Waals surface area contributed by atoms with Crippen LogP contribution in [0.25, 0.3) is 0 Å². The van der Waals surface area contributed by atoms with Gasteiger partial charge in [-0.2, -0.15) is 0 Å². The van der Waals surface area contributed by atoms with Gasteiger partial charge in [-0.3, -0.25) is 11.3 Å². The van der Waals surface area contributed by atoms with Crippen LogP contribution in [0.3, 0.4) is 0 Å². The molecule has 0 saturated carbocycles. The molecule has 0 radical (unpaired) electrons. The minimum absolute atomic E-state index is 0.0363. The van der Waals surface area contributed by atoms with E-state index in [1.54, 1.807) is 11.3 Å². The highest BCUT2D eigenvalue weighted by atomic mass is 127. The monoisotopic (exact) mass is 412 g/mol. The van der Waals surface area contributed by atoms with Crippen molar-refractivity contribution in [3.8, 4) is 0 Å². The predicted octanol–water partition coefficient (Wildman–Crippen LogP) is 4.41. The average Bonchev–Trinajstić information content (AvgIpc) is 2.75. The zero-order valence-electron chi connectivity index (χ0n) is 9.29. The van der Waals surface area contributed by atoms with Crippen LogP contribution in [0.5, 0.6) is 0 Å². The van der Waals surface area contributed by atoms with Gasteiger partial charge in [0.25, 0.3) is 0 Å². The lowest BCUT2D eigenvalue weighted by atomic mass is 10.0. The molecule has 3 N–H and O–H groups in total. The number of rotatable bonds is 4. The third-order valence-electron chi connectivity index (χ3n) is 2.58. The Morgan fingerprint density at radius 1 is 1.28 bits per heavy atom. The van der Waals surface area contributed by atoms with Crippen LogP contribution in [0.2, 0.25) is 9.36 Å². The van der Waals surface area contributed by atoms with Gasteiger partial charge in [0.15, 0.2) is 0 Å². The van der Waals surface area contributed by atoms with Crippen LogP contribution in [0, 0.1) is 3.57 Å². The second-order valence-electron chi connectivity index (χ2n) is 3.80. The van der Waals surface area contributed by atoms with Gasteiger partial charge in [-0.1, -0.05) is 29.3 Å². The topological polar surface area (TPSA) is 38.0 Å². The first-order valence-electron chi connectivity index (χ1n) is 5.25. The van der Waals surface area contributed by atoms with Crippen LogP contribution in [-0.2, 0) is 6.42 Å². The minimum Gasteiger partial charge on any atom is -0.271 e. The highest BCUT2D eigenvalue weighted by Crippen LogP contribution is 2.28. The molecule has 0 aliphatic carbocycles. The van der Waals surface area contributed by atoms with Crippen molar-refractivity contribution in [3.63, 3.8) is 0 Å². The van der Waals surface area contributed by atoms with Gasteiger partial charge in [0.05, 0.1) is 15.4 Å². The summed E-state index contributed by atoms with van der Waals surface area (Å²) in [5, 5.41) is 0.748. The van der Waals surface area contributed by atoms with Gasteiger partial charge in [-0.05, 0) is 52.4 Å². The maximum absolute atomic E-state index is 6.13. The Bertz CT molecular complexity index is 545. The number of nitrogens with two attached hydrogens (primary N) is 1. The first kappa shape index (κ1) is 14.6. The summed E-state index contributed by atoms with van der Waals surface area (Å²) in [6.07, 6.45) is 0.796. The molecule has 6 heteroatoms. The van der Waals surface area contributed by atoms with Crippen molar-refractivity contribution in [1.82, 2.24) is 5.43 Å². The molecule has 2 nitrogen and oxygen atoms in total. The first-order valence-corrected chi connectivity index (χ1v) is 7.90. The normalized spacial score (nSPS) is 12.7. The fraction of sp³-hybridized carbons (Fsp3) is 0.167. The van der Waals surface area contributed by atoms with Gasteiger partial charge in [0, 0.05) is 14.9 Å². The van der Waals surface area contributed by atoms with Crippen molar-refractivity contribution in [2.24, 2.45) is 5.84 Å². The molecule has 0 aliphatic rings. The maximum atomic E-state index is 6.13. The van der Waals surface area contributed by atoms with Gasteiger partial charge < -0.3 is 0 Å². The van der Waals surface area contributed by atoms with E-state index in [1.165, 1.54) is 4.88 Å². The molecule has 0 saturated heterocycles. The third kappa shape index (κ3) is 3.59. The van der Waals surface area contributed by atoms with Crippen LogP contribution in [0.4, 0.5) is 0 Å². The highest BCUT2D eigenvalue weighted by molar-refractivity contribution is 14.1. The second kappa shape index (κ2) is 6.54. The van der Waals surface area contributed by atoms with Crippen molar-refractivity contribution >= 4 is 57.1 Å². The molecule has 0 fully saturated rings. The lowest BCUT2D eigenvalue weighted by molar-refractivity contribution is 0.555. The molecule has 0 bridgehead atoms. The standard InChI is InChI=1S/C12H11Cl2IN2S/c13-9-5-7(1-3-10(9)15)11(17-16)6-8-2-4-12(14)18-8/h1-5,11,17H,6,16H2. The number of nitrogens with one attached hydrogen (secondary N) is 1. The Balaban J connectivity index is 2.19. The molecular formula is C12H11Cl2IN2S. The van der Waals surface area contributed by atoms with Crippen molar-refractivity contribution in [1.29, 1.82) is 0 Å². The van der Waals surface area contributed by atoms with Crippen LogP contribution in [0.1, 0.15) is 16.5 Å². The van der Waals surface area contributed by atoms with E-state index in [0.29, 0.717) is 0 Å². The molecular weight excluding hydrogens is 402 g/mol. The zero-order chi connectivity index (χ0) is 13.1. The number of halogens is 3. The smallest absolute Gasteiger partial charge is 0.0931 e. The van der Waals surface area contributed by atoms with E-state index in [4.69, 9.17) is 29.0 Å². The summed E-state index contributed by atoms with van der Waals surface area (Å²) in [7, 11) is 0. The van der Waals surface area contributed by atoms with Crippen LogP contribution in [-0.4, -0.2) is 0 Å². The minimum atomic E-state index is 0.0363. The summed E-state index contributed by atoms with van der Waals surface area (Å²) in [5.74, 6) is 5.62. The molecule has 0 spiro atoms. The van der Waals surface area contributed by atoms with E-state index in [0.717, 1.165) is 24.9 Å². The molecule has 18 heavy (non-hydrogen) atoms. The molecule has 1 aromatic carbocycles. The second-order valence-corrected chi connectivity index (χ2v) is 7.17. The van der Waals surface area contributed by atoms with Gasteiger partial charge in [0.1, 0.15) is 0 Å². The van der Waals surface area contributed by atoms with Crippen molar-refractivity contribution in [3.05, 3.63) is 53.7 Å². The van der Waals surface area contributed by atoms with Gasteiger partial charge in [-0.15, -0.1) is 11.3 Å². The lowest BCUT2D eigenvalue weighted by Gasteiger charge is -2.16. The van der Waals surface area contributed by atoms with Crippen molar-refractivity contribution in [2.45, 2.75) is 12.5 Å². The quantitative estimate of drug-likeness (QED) is 0.443. The van der Waals surface area contributed by atoms with Crippen LogP contribution < -0.4 is 11.3 Å². The summed E-state index contributed by atoms with van der Waals surface area (Å²) in [5.41, 5.74) is 3.90. The fourth-order valence-electron chi connectivity index (χ4n) is 1.66. The van der Waals surface area contributed by atoms with Crippen molar-refractivity contribution in [2.75, 3.05) is 0 Å². The van der Waals surface area contributed by atoms with Crippen LogP contribution in [0.15, 0.2) is 30.3 Å². The number of hydrazine groups is 1. The maximum Gasteiger partial charge on any atom is 0.0931 e. The molecule has 96 valence electrons. The Hall–Kier alpha value is 0.150. The van der Waals surface area contributed by atoms with Gasteiger partial charge >= 0.3 is 0 Å². The summed E-state index contributed by atoms with van der Waals surface area (Å²) in [4.78, 5) is 1.19. The van der Waals surface area contributed by atoms with Gasteiger partial charge in [-0.25, -0.2) is 0 Å². The number of thiophene rings is 1. The summed E-state index contributed by atoms with van der Waals surface area (Å²) >= 11 is 15.8. The number of hydrogen-bond donors (Lipinski definition) is 2. The predicted molar refractivity (Wildman–Crippen MR) is 87.3 cm³/mol. The molecule has 0 aliphatic heterocycles. The molecule has 1 unspecified atom stereocenters. The zero-order valence-corrected chi connectivity index (χ0v) is 13.8. The van der Waals surface area contributed by atoms with E-state index in [2.05, 4.69) is 28.0 Å². The Labute approximate surface area is 134 Å². The average molecular weight is 413 g/mol. The lowest BCUT2D eigenvalue weighted by Crippen LogP contribution is -2.29. The summed E-state index contributed by atoms with van der Waals surface area (Å²) in [6.45, 7) is 0. The Morgan fingerprint density at radius 3 is 2.61 bits per heavy atom. The van der Waals surface area contributed by atoms with Gasteiger partial charge in [0.2, 0.25) is 0 Å². The Morgan fingerprint density at radius 2 is 2.06 bits per heavy atom. The van der Waals surface area contributed by atoms with E-state index in [-0.39, 0.29) is 6.04 Å². The Kier molecular flexibility index (Phi) is 5.29. The summed E-state index contributed by atoms with van der Waals surface area (Å²) < 4.78 is 1.83. The SMILES string of the molecule is NNC(Cc1ccc(Cl)s1)c1ccc(I)c(Cl)c1. The number of hydrogen-bond acceptors (Lipinski definition) is 3. The van der Waals surface area contributed by atoms with E-state index in [1.807, 2.05) is 30.3 Å². The van der Waals surface area contributed by atoms with E-state index < -0.39 is 0 Å². The molecule has 2 aromatic rings. The van der Waals surface area contributed by atoms with E-state index >= 15 is 0 Å². The molecule has 0 amide bonds. The third-order valence-corrected chi connectivity index (χ3v) is 5.41. The fourth-order valence-corrected chi connectivity index (χ4v) is 3.32. The van der Waals surface area contributed by atoms with Crippen LogP contribution >= 0.6 is 57.1 Å². The molecule has 2 rings (SSSR count).